The summed E-state index contributed by atoms with van der Waals surface area (Å²) >= 11 is 0. The Morgan fingerprint density at radius 2 is 1.61 bits per heavy atom. The summed E-state index contributed by atoms with van der Waals surface area (Å²) in [5, 5.41) is 2.99. The van der Waals surface area contributed by atoms with Gasteiger partial charge in [-0.25, -0.2) is 18.2 Å². The summed E-state index contributed by atoms with van der Waals surface area (Å²) in [7, 11) is -3.25. The van der Waals surface area contributed by atoms with Crippen LogP contribution in [0.4, 0.5) is 10.5 Å². The average molecular weight is 503 g/mol. The maximum absolute atomic E-state index is 12.6. The van der Waals surface area contributed by atoms with Gasteiger partial charge in [-0.3, -0.25) is 4.57 Å². The molecule has 0 unspecified atom stereocenters. The Labute approximate surface area is 210 Å². The first kappa shape index (κ1) is 23.6. The van der Waals surface area contributed by atoms with Gasteiger partial charge >= 0.3 is 6.03 Å². The van der Waals surface area contributed by atoms with E-state index in [2.05, 4.69) is 27.3 Å². The number of nitrogens with zero attached hydrogens (tertiary/aromatic N) is 3. The van der Waals surface area contributed by atoms with Crippen LogP contribution in [0.25, 0.3) is 11.3 Å². The zero-order chi connectivity index (χ0) is 25.1. The molecule has 0 saturated carbocycles. The molecule has 2 heterocycles. The molecule has 0 atom stereocenters. The van der Waals surface area contributed by atoms with Crippen molar-refractivity contribution in [1.82, 2.24) is 14.9 Å². The van der Waals surface area contributed by atoms with Gasteiger partial charge in [0.25, 0.3) is 0 Å². The summed E-state index contributed by atoms with van der Waals surface area (Å²) in [5.41, 5.74) is 2.73. The minimum absolute atomic E-state index is 0.204. The molecule has 1 fully saturated rings. The third-order valence-corrected chi connectivity index (χ3v) is 7.20. The van der Waals surface area contributed by atoms with E-state index in [1.54, 1.807) is 30.5 Å². The second-order valence-corrected chi connectivity index (χ2v) is 10.8. The molecule has 1 amide bonds. The van der Waals surface area contributed by atoms with E-state index in [9.17, 15) is 13.2 Å². The lowest BCUT2D eigenvalue weighted by Crippen LogP contribution is -2.51. The Bertz CT molecular complexity index is 1440. The molecule has 1 aliphatic heterocycles. The maximum Gasteiger partial charge on any atom is 0.326 e. The van der Waals surface area contributed by atoms with Gasteiger partial charge in [0.05, 0.1) is 10.6 Å². The lowest BCUT2D eigenvalue weighted by atomic mass is 9.99. The molecule has 0 radical (unpaired) electrons. The third-order valence-electron chi connectivity index (χ3n) is 6.08. The fourth-order valence-corrected chi connectivity index (χ4v) is 4.67. The van der Waals surface area contributed by atoms with Crippen molar-refractivity contribution in [2.45, 2.75) is 4.90 Å². The number of imidazole rings is 1. The van der Waals surface area contributed by atoms with E-state index in [-0.39, 0.29) is 10.9 Å². The predicted octanol–water partition coefficient (Wildman–Crippen LogP) is 4.44. The number of hydrogen-bond acceptors (Lipinski definition) is 6. The minimum Gasteiger partial charge on any atom is -0.457 e. The van der Waals surface area contributed by atoms with E-state index >= 15 is 0 Å². The van der Waals surface area contributed by atoms with Crippen LogP contribution in [-0.4, -0.2) is 49.9 Å². The smallest absolute Gasteiger partial charge is 0.326 e. The van der Waals surface area contributed by atoms with Gasteiger partial charge in [0.1, 0.15) is 17.8 Å². The summed E-state index contributed by atoms with van der Waals surface area (Å²) in [6, 6.07) is 23.6. The molecule has 1 aromatic heterocycles. The van der Waals surface area contributed by atoms with E-state index in [4.69, 9.17) is 4.74 Å². The number of nitrogens with one attached hydrogen (secondary N) is 1. The molecule has 0 spiro atoms. The third kappa shape index (κ3) is 5.41. The number of benzene rings is 3. The largest absolute Gasteiger partial charge is 0.457 e. The number of carbonyl (C=O) groups excluding carboxylic acids is 1. The van der Waals surface area contributed by atoms with Gasteiger partial charge in [-0.1, -0.05) is 18.2 Å². The number of aromatic nitrogens is 2. The first-order chi connectivity index (χ1) is 17.3. The highest BCUT2D eigenvalue weighted by atomic mass is 32.2. The molecular formula is C27H26N4O4S. The number of ether oxygens (including phenoxy) is 1. The molecule has 3 aromatic carbocycles. The fourth-order valence-electron chi connectivity index (χ4n) is 4.04. The highest BCUT2D eigenvalue weighted by molar-refractivity contribution is 7.90. The monoisotopic (exact) mass is 502 g/mol. The Balaban J connectivity index is 1.13. The number of rotatable bonds is 7. The van der Waals surface area contributed by atoms with Crippen molar-refractivity contribution >= 4 is 21.6 Å². The molecule has 5 rings (SSSR count). The molecule has 1 saturated heterocycles. The number of para-hydroxylation sites is 1. The van der Waals surface area contributed by atoms with E-state index in [1.165, 1.54) is 35.0 Å². The van der Waals surface area contributed by atoms with Crippen molar-refractivity contribution in [2.24, 2.45) is 5.92 Å². The topological polar surface area (TPSA) is 93.5 Å². The van der Waals surface area contributed by atoms with E-state index < -0.39 is 9.84 Å². The first-order valence-corrected chi connectivity index (χ1v) is 13.4. The van der Waals surface area contributed by atoms with Crippen LogP contribution in [0.1, 0.15) is 0 Å². The average Bonchev–Trinajstić information content (AvgIpc) is 3.34. The number of hydrogen-bond donors (Lipinski definition) is 1. The Kier molecular flexibility index (Phi) is 6.47. The van der Waals surface area contributed by atoms with Crippen molar-refractivity contribution in [3.63, 3.8) is 0 Å². The van der Waals surface area contributed by atoms with Crippen molar-refractivity contribution < 1.29 is 17.9 Å². The van der Waals surface area contributed by atoms with Crippen LogP contribution in [0.5, 0.6) is 11.5 Å². The van der Waals surface area contributed by atoms with Gasteiger partial charge in [-0.15, -0.1) is 0 Å². The molecule has 36 heavy (non-hydrogen) atoms. The van der Waals surface area contributed by atoms with Crippen LogP contribution < -0.4 is 15.0 Å². The lowest BCUT2D eigenvalue weighted by molar-refractivity contribution is 0.238. The Morgan fingerprint density at radius 1 is 0.972 bits per heavy atom. The number of anilines is 1. The first-order valence-electron chi connectivity index (χ1n) is 11.6. The zero-order valence-corrected chi connectivity index (χ0v) is 20.6. The summed E-state index contributed by atoms with van der Waals surface area (Å²) < 4.78 is 30.4. The van der Waals surface area contributed by atoms with Crippen LogP contribution in [0.2, 0.25) is 0 Å². The van der Waals surface area contributed by atoms with Crippen LogP contribution in [0.15, 0.2) is 96.3 Å². The van der Waals surface area contributed by atoms with Crippen molar-refractivity contribution in [3.05, 3.63) is 91.4 Å². The van der Waals surface area contributed by atoms with Gasteiger partial charge in [0.15, 0.2) is 9.84 Å². The molecule has 1 aliphatic rings. The standard InChI is InChI=1S/C27H26N4O4S/c1-36(33,34)25-13-11-24(12-14-25)35-23-9-7-21(8-10-23)26-18-31(19-29-26)27(32)28-15-20-16-30(17-20)22-5-3-2-4-6-22/h2-14,18-20H,15-17H2,1H3,(H,28,32). The van der Waals surface area contributed by atoms with Crippen LogP contribution in [0, 0.1) is 5.92 Å². The quantitative estimate of drug-likeness (QED) is 0.402. The number of sulfone groups is 1. The maximum atomic E-state index is 12.6. The molecule has 0 aliphatic carbocycles. The van der Waals surface area contributed by atoms with Gasteiger partial charge in [0, 0.05) is 49.3 Å². The lowest BCUT2D eigenvalue weighted by Gasteiger charge is -2.41. The summed E-state index contributed by atoms with van der Waals surface area (Å²) in [5.74, 6) is 1.56. The van der Waals surface area contributed by atoms with E-state index in [0.717, 1.165) is 18.7 Å². The molecule has 184 valence electrons. The Hall–Kier alpha value is -4.11. The summed E-state index contributed by atoms with van der Waals surface area (Å²) in [6.45, 7) is 2.47. The van der Waals surface area contributed by atoms with Gasteiger partial charge < -0.3 is 15.0 Å². The van der Waals surface area contributed by atoms with Gasteiger partial charge in [-0.2, -0.15) is 0 Å². The molecule has 4 aromatic rings. The molecule has 8 nitrogen and oxygen atoms in total. The Morgan fingerprint density at radius 3 is 2.25 bits per heavy atom. The number of amides is 1. The highest BCUT2D eigenvalue weighted by Gasteiger charge is 2.27. The second-order valence-electron chi connectivity index (χ2n) is 8.83. The predicted molar refractivity (Wildman–Crippen MR) is 138 cm³/mol. The molecular weight excluding hydrogens is 476 g/mol. The summed E-state index contributed by atoms with van der Waals surface area (Å²) in [4.78, 5) is 19.5. The molecule has 9 heteroatoms. The van der Waals surface area contributed by atoms with Crippen molar-refractivity contribution in [3.8, 4) is 22.8 Å². The van der Waals surface area contributed by atoms with Crippen molar-refractivity contribution in [1.29, 1.82) is 0 Å². The van der Waals surface area contributed by atoms with E-state index in [0.29, 0.717) is 29.7 Å². The van der Waals surface area contributed by atoms with Gasteiger partial charge in [0.2, 0.25) is 0 Å². The van der Waals surface area contributed by atoms with E-state index in [1.807, 2.05) is 30.3 Å². The zero-order valence-electron chi connectivity index (χ0n) is 19.7. The van der Waals surface area contributed by atoms with Crippen LogP contribution in [-0.2, 0) is 9.84 Å². The van der Waals surface area contributed by atoms with Crippen LogP contribution >= 0.6 is 0 Å². The van der Waals surface area contributed by atoms with Gasteiger partial charge in [-0.05, 0) is 60.7 Å². The summed E-state index contributed by atoms with van der Waals surface area (Å²) in [6.07, 6.45) is 4.38. The fraction of sp³-hybridized carbons (Fsp3) is 0.185. The molecule has 1 N–H and O–H groups in total. The second kappa shape index (κ2) is 9.87. The van der Waals surface area contributed by atoms with Crippen LogP contribution in [0.3, 0.4) is 0 Å². The normalized spacial score (nSPS) is 13.8. The SMILES string of the molecule is CS(=O)(=O)c1ccc(Oc2ccc(-c3cn(C(=O)NCC4CN(c5ccccc5)C4)cn3)cc2)cc1. The van der Waals surface area contributed by atoms with Crippen molar-refractivity contribution in [2.75, 3.05) is 30.8 Å². The number of carbonyl (C=O) groups is 1. The minimum atomic E-state index is -3.25. The molecule has 0 bridgehead atoms. The highest BCUT2D eigenvalue weighted by Crippen LogP contribution is 2.26.